The van der Waals surface area contributed by atoms with Gasteiger partial charge in [-0.3, -0.25) is 0 Å². The minimum atomic E-state index is -0.923. The van der Waals surface area contributed by atoms with Crippen LogP contribution in [0.4, 0.5) is 5.82 Å². The monoisotopic (exact) mass is 236 g/mol. The number of carbonyl (C=O) groups is 1. The van der Waals surface area contributed by atoms with Crippen molar-refractivity contribution < 1.29 is 9.90 Å². The molecule has 0 bridgehead atoms. The Balaban J connectivity index is 3.07. The van der Waals surface area contributed by atoms with Crippen LogP contribution in [0.3, 0.4) is 0 Å². The summed E-state index contributed by atoms with van der Waals surface area (Å²) in [5.74, 6) is -0.0718. The Labute approximate surface area is 102 Å². The summed E-state index contributed by atoms with van der Waals surface area (Å²) in [5, 5.41) is 8.95. The molecule has 0 spiro atoms. The van der Waals surface area contributed by atoms with Crippen LogP contribution in [0.2, 0.25) is 0 Å². The van der Waals surface area contributed by atoms with Crippen molar-refractivity contribution in [1.82, 2.24) is 4.98 Å². The highest BCUT2D eigenvalue weighted by Crippen LogP contribution is 2.18. The van der Waals surface area contributed by atoms with E-state index in [9.17, 15) is 4.79 Å². The molecule has 0 saturated carbocycles. The number of aromatic nitrogens is 1. The first-order valence-electron chi connectivity index (χ1n) is 5.98. The predicted molar refractivity (Wildman–Crippen MR) is 68.7 cm³/mol. The van der Waals surface area contributed by atoms with E-state index < -0.39 is 5.97 Å². The molecular weight excluding hydrogens is 216 g/mol. The molecule has 0 fully saturated rings. The number of carboxylic acids is 1. The molecule has 1 atom stereocenters. The van der Waals surface area contributed by atoms with Crippen LogP contribution in [-0.2, 0) is 0 Å². The van der Waals surface area contributed by atoms with E-state index in [2.05, 4.69) is 30.7 Å². The molecule has 1 heterocycles. The highest BCUT2D eigenvalue weighted by Gasteiger charge is 2.15. The maximum absolute atomic E-state index is 10.9. The van der Waals surface area contributed by atoms with Crippen LogP contribution in [0.15, 0.2) is 12.1 Å². The van der Waals surface area contributed by atoms with Crippen LogP contribution in [-0.4, -0.2) is 28.6 Å². The molecule has 94 valence electrons. The highest BCUT2D eigenvalue weighted by molar-refractivity contribution is 5.89. The van der Waals surface area contributed by atoms with E-state index in [-0.39, 0.29) is 5.56 Å². The van der Waals surface area contributed by atoms with Gasteiger partial charge in [0.25, 0.3) is 0 Å². The summed E-state index contributed by atoms with van der Waals surface area (Å²) < 4.78 is 0. The second-order valence-electron chi connectivity index (χ2n) is 4.15. The Morgan fingerprint density at radius 3 is 2.53 bits per heavy atom. The largest absolute Gasteiger partial charge is 0.478 e. The number of aryl methyl sites for hydroxylation is 1. The fraction of sp³-hybridized carbons (Fsp3) is 0.538. The highest BCUT2D eigenvalue weighted by atomic mass is 16.4. The minimum Gasteiger partial charge on any atom is -0.478 e. The van der Waals surface area contributed by atoms with Gasteiger partial charge in [-0.15, -0.1) is 0 Å². The van der Waals surface area contributed by atoms with Crippen LogP contribution in [0.25, 0.3) is 0 Å². The second kappa shape index (κ2) is 5.66. The molecule has 0 radical (unpaired) electrons. The van der Waals surface area contributed by atoms with E-state index in [4.69, 9.17) is 5.11 Å². The van der Waals surface area contributed by atoms with Crippen molar-refractivity contribution in [3.8, 4) is 0 Å². The van der Waals surface area contributed by atoms with Gasteiger partial charge in [0.1, 0.15) is 5.82 Å². The Bertz CT molecular complexity index is 404. The average Bonchev–Trinajstić information content (AvgIpc) is 2.29. The zero-order chi connectivity index (χ0) is 13.0. The lowest BCUT2D eigenvalue weighted by atomic mass is 10.2. The minimum absolute atomic E-state index is 0.272. The molecule has 1 N–H and O–H groups in total. The van der Waals surface area contributed by atoms with Crippen molar-refractivity contribution in [3.63, 3.8) is 0 Å². The number of rotatable bonds is 5. The van der Waals surface area contributed by atoms with Gasteiger partial charge in [0.2, 0.25) is 0 Å². The second-order valence-corrected chi connectivity index (χ2v) is 4.15. The van der Waals surface area contributed by atoms with E-state index in [0.29, 0.717) is 11.7 Å². The molecular formula is C13H20N2O2. The van der Waals surface area contributed by atoms with Crippen LogP contribution >= 0.6 is 0 Å². The molecule has 0 aliphatic heterocycles. The van der Waals surface area contributed by atoms with Crippen molar-refractivity contribution in [2.45, 2.75) is 40.2 Å². The maximum atomic E-state index is 10.9. The Hall–Kier alpha value is -1.58. The lowest BCUT2D eigenvalue weighted by Crippen LogP contribution is -2.33. The topological polar surface area (TPSA) is 53.4 Å². The van der Waals surface area contributed by atoms with Gasteiger partial charge in [-0.05, 0) is 39.3 Å². The van der Waals surface area contributed by atoms with Gasteiger partial charge >= 0.3 is 5.97 Å². The van der Waals surface area contributed by atoms with Crippen LogP contribution in [0.5, 0.6) is 0 Å². The summed E-state index contributed by atoms with van der Waals surface area (Å²) in [4.78, 5) is 17.5. The zero-order valence-corrected chi connectivity index (χ0v) is 10.9. The Morgan fingerprint density at radius 2 is 2.12 bits per heavy atom. The predicted octanol–water partition coefficient (Wildman–Crippen LogP) is 2.71. The number of carboxylic acid groups (broad SMARTS) is 1. The summed E-state index contributed by atoms with van der Waals surface area (Å²) in [5.41, 5.74) is 0.839. The summed E-state index contributed by atoms with van der Waals surface area (Å²) in [6.07, 6.45) is 1.04. The molecule has 0 amide bonds. The van der Waals surface area contributed by atoms with Crippen molar-refractivity contribution in [2.75, 3.05) is 11.4 Å². The average molecular weight is 236 g/mol. The van der Waals surface area contributed by atoms with Gasteiger partial charge in [-0.25, -0.2) is 9.78 Å². The standard InChI is InChI=1S/C13H20N2O2/c1-5-9(3)15(6-2)12-8-7-11(13(16)17)10(4)14-12/h7-9H,5-6H2,1-4H3,(H,16,17). The first-order valence-corrected chi connectivity index (χ1v) is 5.98. The number of nitrogens with zero attached hydrogens (tertiary/aromatic N) is 2. The lowest BCUT2D eigenvalue weighted by molar-refractivity contribution is 0.0695. The van der Waals surface area contributed by atoms with Crippen molar-refractivity contribution in [1.29, 1.82) is 0 Å². The number of anilines is 1. The van der Waals surface area contributed by atoms with E-state index in [0.717, 1.165) is 18.8 Å². The summed E-state index contributed by atoms with van der Waals surface area (Å²) >= 11 is 0. The molecule has 4 heteroatoms. The van der Waals surface area contributed by atoms with Gasteiger partial charge in [0, 0.05) is 12.6 Å². The number of hydrogen-bond acceptors (Lipinski definition) is 3. The molecule has 0 aliphatic carbocycles. The van der Waals surface area contributed by atoms with E-state index in [1.165, 1.54) is 0 Å². The molecule has 1 unspecified atom stereocenters. The fourth-order valence-corrected chi connectivity index (χ4v) is 1.85. The summed E-state index contributed by atoms with van der Waals surface area (Å²) in [6, 6.07) is 3.82. The van der Waals surface area contributed by atoms with Crippen LogP contribution in [0, 0.1) is 6.92 Å². The molecule has 1 aromatic rings. The normalized spacial score (nSPS) is 12.2. The fourth-order valence-electron chi connectivity index (χ4n) is 1.85. The third-order valence-corrected chi connectivity index (χ3v) is 3.06. The molecule has 4 nitrogen and oxygen atoms in total. The van der Waals surface area contributed by atoms with Crippen molar-refractivity contribution in [3.05, 3.63) is 23.4 Å². The molecule has 1 rings (SSSR count). The number of aromatic carboxylic acids is 1. The molecule has 0 saturated heterocycles. The lowest BCUT2D eigenvalue weighted by Gasteiger charge is -2.28. The number of pyridine rings is 1. The molecule has 0 aliphatic rings. The summed E-state index contributed by atoms with van der Waals surface area (Å²) in [6.45, 7) is 8.96. The molecule has 0 aromatic carbocycles. The Morgan fingerprint density at radius 1 is 1.47 bits per heavy atom. The Kier molecular flexibility index (Phi) is 4.49. The van der Waals surface area contributed by atoms with Crippen molar-refractivity contribution >= 4 is 11.8 Å². The third kappa shape index (κ3) is 2.96. The van der Waals surface area contributed by atoms with Crippen LogP contribution < -0.4 is 4.90 Å². The van der Waals surface area contributed by atoms with Gasteiger partial charge in [-0.1, -0.05) is 6.92 Å². The molecule has 1 aromatic heterocycles. The molecule has 17 heavy (non-hydrogen) atoms. The smallest absolute Gasteiger partial charge is 0.337 e. The van der Waals surface area contributed by atoms with Crippen LogP contribution in [0.1, 0.15) is 43.2 Å². The van der Waals surface area contributed by atoms with Gasteiger partial charge < -0.3 is 10.0 Å². The number of hydrogen-bond donors (Lipinski definition) is 1. The van der Waals surface area contributed by atoms with E-state index in [1.54, 1.807) is 19.1 Å². The van der Waals surface area contributed by atoms with Gasteiger partial charge in [0.05, 0.1) is 11.3 Å². The maximum Gasteiger partial charge on any atom is 0.337 e. The zero-order valence-electron chi connectivity index (χ0n) is 10.9. The van der Waals surface area contributed by atoms with Crippen molar-refractivity contribution in [2.24, 2.45) is 0 Å². The summed E-state index contributed by atoms with van der Waals surface area (Å²) in [7, 11) is 0. The van der Waals surface area contributed by atoms with Gasteiger partial charge in [0.15, 0.2) is 0 Å². The third-order valence-electron chi connectivity index (χ3n) is 3.06. The van der Waals surface area contributed by atoms with E-state index in [1.807, 2.05) is 0 Å². The van der Waals surface area contributed by atoms with E-state index >= 15 is 0 Å². The SMILES string of the molecule is CCC(C)N(CC)c1ccc(C(=O)O)c(C)n1. The van der Waals surface area contributed by atoms with Gasteiger partial charge in [-0.2, -0.15) is 0 Å². The first kappa shape index (κ1) is 13.5. The first-order chi connectivity index (χ1) is 8.01. The quantitative estimate of drug-likeness (QED) is 0.854.